The predicted octanol–water partition coefficient (Wildman–Crippen LogP) is 1.42. The van der Waals surface area contributed by atoms with Gasteiger partial charge in [-0.25, -0.2) is 0 Å². The Morgan fingerprint density at radius 1 is 1.05 bits per heavy atom. The number of ether oxygens (including phenoxy) is 2. The van der Waals surface area contributed by atoms with E-state index in [1.54, 1.807) is 6.07 Å². The summed E-state index contributed by atoms with van der Waals surface area (Å²) in [5.74, 6) is 0.527. The van der Waals surface area contributed by atoms with Crippen LogP contribution in [0.5, 0.6) is 5.75 Å². The SMILES string of the molecule is OC[C@@H]1O[C@@H](Oc2ccc3cc(Br)ccc3c2)[C@H](O)[C@@H]1O. The number of aliphatic hydroxyl groups is 3. The second-order valence-electron chi connectivity index (χ2n) is 4.98. The van der Waals surface area contributed by atoms with Gasteiger partial charge in [0.1, 0.15) is 24.1 Å². The lowest BCUT2D eigenvalue weighted by molar-refractivity contribution is -0.116. The second kappa shape index (κ2) is 5.90. The van der Waals surface area contributed by atoms with Gasteiger partial charge in [0.2, 0.25) is 6.29 Å². The molecule has 1 saturated heterocycles. The summed E-state index contributed by atoms with van der Waals surface area (Å²) in [5, 5.41) is 30.6. The fraction of sp³-hybridized carbons (Fsp3) is 0.333. The molecule has 4 atom stereocenters. The van der Waals surface area contributed by atoms with Crippen molar-refractivity contribution in [2.45, 2.75) is 24.6 Å². The first kappa shape index (κ1) is 14.7. The Morgan fingerprint density at radius 2 is 1.76 bits per heavy atom. The highest BCUT2D eigenvalue weighted by Crippen LogP contribution is 2.28. The van der Waals surface area contributed by atoms with E-state index in [9.17, 15) is 10.2 Å². The van der Waals surface area contributed by atoms with Gasteiger partial charge in [0.05, 0.1) is 6.61 Å². The standard InChI is InChI=1S/C15H15BrO5/c16-10-3-1-9-6-11(4-2-8(9)5-10)20-15-14(19)13(18)12(7-17)21-15/h1-6,12-15,17-19H,7H2/t12-,13+,14+,15+/m0/s1. The number of benzene rings is 2. The van der Waals surface area contributed by atoms with Crippen LogP contribution in [0.2, 0.25) is 0 Å². The second-order valence-corrected chi connectivity index (χ2v) is 5.89. The third kappa shape index (κ3) is 2.90. The fourth-order valence-electron chi connectivity index (χ4n) is 2.36. The molecule has 0 saturated carbocycles. The van der Waals surface area contributed by atoms with Crippen LogP contribution in [0.1, 0.15) is 0 Å². The van der Waals surface area contributed by atoms with Crippen molar-refractivity contribution in [3.63, 3.8) is 0 Å². The molecule has 0 aliphatic carbocycles. The Balaban J connectivity index is 1.80. The summed E-state index contributed by atoms with van der Waals surface area (Å²) in [7, 11) is 0. The van der Waals surface area contributed by atoms with Gasteiger partial charge >= 0.3 is 0 Å². The fourth-order valence-corrected chi connectivity index (χ4v) is 2.74. The molecule has 112 valence electrons. The summed E-state index contributed by atoms with van der Waals surface area (Å²) >= 11 is 3.42. The Labute approximate surface area is 129 Å². The summed E-state index contributed by atoms with van der Waals surface area (Å²) in [6.45, 7) is -0.371. The number of hydrogen-bond donors (Lipinski definition) is 3. The van der Waals surface area contributed by atoms with E-state index >= 15 is 0 Å². The normalized spacial score (nSPS) is 29.0. The van der Waals surface area contributed by atoms with Crippen LogP contribution < -0.4 is 4.74 Å². The molecule has 1 heterocycles. The van der Waals surface area contributed by atoms with Crippen LogP contribution in [-0.4, -0.2) is 46.5 Å². The maximum Gasteiger partial charge on any atom is 0.229 e. The van der Waals surface area contributed by atoms with Crippen LogP contribution in [-0.2, 0) is 4.74 Å². The van der Waals surface area contributed by atoms with E-state index in [1.165, 1.54) is 0 Å². The highest BCUT2D eigenvalue weighted by molar-refractivity contribution is 9.10. The number of fused-ring (bicyclic) bond motifs is 1. The Kier molecular flexibility index (Phi) is 4.14. The molecule has 3 rings (SSSR count). The van der Waals surface area contributed by atoms with E-state index in [0.29, 0.717) is 5.75 Å². The molecule has 0 radical (unpaired) electrons. The minimum Gasteiger partial charge on any atom is -0.462 e. The smallest absolute Gasteiger partial charge is 0.229 e. The Morgan fingerprint density at radius 3 is 2.48 bits per heavy atom. The van der Waals surface area contributed by atoms with Crippen LogP contribution >= 0.6 is 15.9 Å². The third-order valence-corrected chi connectivity index (χ3v) is 4.02. The lowest BCUT2D eigenvalue weighted by Crippen LogP contribution is -2.35. The molecule has 0 bridgehead atoms. The zero-order valence-corrected chi connectivity index (χ0v) is 12.6. The molecule has 2 aromatic rings. The first-order chi connectivity index (χ1) is 10.1. The molecular weight excluding hydrogens is 340 g/mol. The van der Waals surface area contributed by atoms with Gasteiger partial charge in [0.15, 0.2) is 0 Å². The molecule has 2 aromatic carbocycles. The van der Waals surface area contributed by atoms with Crippen molar-refractivity contribution < 1.29 is 24.8 Å². The van der Waals surface area contributed by atoms with Crippen LogP contribution in [0.4, 0.5) is 0 Å². The highest BCUT2D eigenvalue weighted by atomic mass is 79.9. The summed E-state index contributed by atoms with van der Waals surface area (Å²) in [4.78, 5) is 0. The van der Waals surface area contributed by atoms with Gasteiger partial charge in [-0.3, -0.25) is 0 Å². The van der Waals surface area contributed by atoms with E-state index in [4.69, 9.17) is 14.6 Å². The minimum absolute atomic E-state index is 0.371. The van der Waals surface area contributed by atoms with Crippen molar-refractivity contribution >= 4 is 26.7 Å². The van der Waals surface area contributed by atoms with E-state index in [-0.39, 0.29) is 6.61 Å². The molecule has 1 aliphatic heterocycles. The summed E-state index contributed by atoms with van der Waals surface area (Å²) in [5.41, 5.74) is 0. The average Bonchev–Trinajstić information content (AvgIpc) is 2.75. The predicted molar refractivity (Wildman–Crippen MR) is 80.0 cm³/mol. The monoisotopic (exact) mass is 354 g/mol. The number of hydrogen-bond acceptors (Lipinski definition) is 5. The topological polar surface area (TPSA) is 79.2 Å². The van der Waals surface area contributed by atoms with Gasteiger partial charge in [-0.15, -0.1) is 0 Å². The van der Waals surface area contributed by atoms with Crippen molar-refractivity contribution in [2.75, 3.05) is 6.61 Å². The van der Waals surface area contributed by atoms with Crippen molar-refractivity contribution in [1.29, 1.82) is 0 Å². The van der Waals surface area contributed by atoms with Gasteiger partial charge in [-0.1, -0.05) is 28.1 Å². The zero-order valence-electron chi connectivity index (χ0n) is 11.0. The van der Waals surface area contributed by atoms with E-state index < -0.39 is 24.6 Å². The average molecular weight is 355 g/mol. The summed E-state index contributed by atoms with van der Waals surface area (Å²) < 4.78 is 11.9. The molecule has 3 N–H and O–H groups in total. The largest absolute Gasteiger partial charge is 0.462 e. The van der Waals surface area contributed by atoms with Crippen molar-refractivity contribution in [3.05, 3.63) is 40.9 Å². The van der Waals surface area contributed by atoms with Crippen molar-refractivity contribution in [2.24, 2.45) is 0 Å². The maximum absolute atomic E-state index is 9.85. The summed E-state index contributed by atoms with van der Waals surface area (Å²) in [6.07, 6.45) is -4.18. The lowest BCUT2D eigenvalue weighted by atomic mass is 10.1. The first-order valence-corrected chi connectivity index (χ1v) is 7.36. The molecule has 0 unspecified atom stereocenters. The Bertz CT molecular complexity index is 647. The minimum atomic E-state index is -1.19. The van der Waals surface area contributed by atoms with Gasteiger partial charge in [-0.05, 0) is 35.0 Å². The Hall–Kier alpha value is -1.18. The maximum atomic E-state index is 9.85. The van der Waals surface area contributed by atoms with Crippen LogP contribution in [0.25, 0.3) is 10.8 Å². The number of rotatable bonds is 3. The van der Waals surface area contributed by atoms with Crippen LogP contribution in [0.15, 0.2) is 40.9 Å². The van der Waals surface area contributed by atoms with Gasteiger partial charge < -0.3 is 24.8 Å². The summed E-state index contributed by atoms with van der Waals surface area (Å²) in [6, 6.07) is 11.4. The molecule has 1 fully saturated rings. The third-order valence-electron chi connectivity index (χ3n) is 3.52. The molecule has 0 spiro atoms. The zero-order chi connectivity index (χ0) is 15.0. The molecule has 0 aromatic heterocycles. The van der Waals surface area contributed by atoms with E-state index in [0.717, 1.165) is 15.2 Å². The first-order valence-electron chi connectivity index (χ1n) is 6.57. The van der Waals surface area contributed by atoms with Crippen molar-refractivity contribution in [3.8, 4) is 5.75 Å². The molecule has 0 amide bonds. The lowest BCUT2D eigenvalue weighted by Gasteiger charge is -2.17. The van der Waals surface area contributed by atoms with Crippen LogP contribution in [0, 0.1) is 0 Å². The molecule has 1 aliphatic rings. The number of halogens is 1. The molecule has 6 heteroatoms. The van der Waals surface area contributed by atoms with Gasteiger partial charge in [-0.2, -0.15) is 0 Å². The molecule has 5 nitrogen and oxygen atoms in total. The highest BCUT2D eigenvalue weighted by Gasteiger charge is 2.43. The van der Waals surface area contributed by atoms with E-state index in [1.807, 2.05) is 30.3 Å². The van der Waals surface area contributed by atoms with Crippen molar-refractivity contribution in [1.82, 2.24) is 0 Å². The van der Waals surface area contributed by atoms with Gasteiger partial charge in [0, 0.05) is 4.47 Å². The quantitative estimate of drug-likeness (QED) is 0.776. The van der Waals surface area contributed by atoms with Crippen LogP contribution in [0.3, 0.4) is 0 Å². The molecule has 21 heavy (non-hydrogen) atoms. The van der Waals surface area contributed by atoms with E-state index in [2.05, 4.69) is 15.9 Å². The molecular formula is C15H15BrO5. The van der Waals surface area contributed by atoms with Gasteiger partial charge in [0.25, 0.3) is 0 Å². The number of aliphatic hydroxyl groups excluding tert-OH is 3.